The Morgan fingerprint density at radius 1 is 1.18 bits per heavy atom. The van der Waals surface area contributed by atoms with Crippen molar-refractivity contribution in [3.63, 3.8) is 0 Å². The van der Waals surface area contributed by atoms with Gasteiger partial charge in [0.15, 0.2) is 5.79 Å². The van der Waals surface area contributed by atoms with Gasteiger partial charge < -0.3 is 30.6 Å². The molecule has 1 unspecified atom stereocenters. The zero-order valence-corrected chi connectivity index (χ0v) is 22.2. The van der Waals surface area contributed by atoms with Crippen molar-refractivity contribution in [2.24, 2.45) is 17.1 Å². The molecule has 3 aliphatic rings. The SMILES string of the molecule is COc1c(Nc2cc(NC(=O)[C@H]3CC3(C)C)ncc2C(N)=O)cccc1-c1cnn(C2CCC23OCCO3)c1. The van der Waals surface area contributed by atoms with Crippen molar-refractivity contribution in [3.8, 4) is 16.9 Å². The number of primary amides is 1. The number of carbonyl (C=O) groups excluding carboxylic acids is 2. The van der Waals surface area contributed by atoms with Crippen molar-refractivity contribution in [3.05, 3.63) is 48.4 Å². The molecule has 3 heterocycles. The molecule has 4 N–H and O–H groups in total. The molecule has 6 rings (SSSR count). The lowest BCUT2D eigenvalue weighted by Crippen LogP contribution is -2.49. The van der Waals surface area contributed by atoms with Gasteiger partial charge in [-0.05, 0) is 24.3 Å². The number of hydrogen-bond acceptors (Lipinski definition) is 8. The Morgan fingerprint density at radius 3 is 2.59 bits per heavy atom. The zero-order valence-electron chi connectivity index (χ0n) is 22.2. The number of nitrogens with zero attached hydrogens (tertiary/aromatic N) is 3. The molecule has 1 spiro atoms. The van der Waals surface area contributed by atoms with Gasteiger partial charge in [-0.25, -0.2) is 4.98 Å². The molecule has 204 valence electrons. The minimum atomic E-state index is -0.645. The topological polar surface area (TPSA) is 143 Å². The highest BCUT2D eigenvalue weighted by atomic mass is 16.7. The highest BCUT2D eigenvalue weighted by molar-refractivity contribution is 6.01. The van der Waals surface area contributed by atoms with Crippen molar-refractivity contribution < 1.29 is 23.8 Å². The molecule has 1 aromatic carbocycles. The summed E-state index contributed by atoms with van der Waals surface area (Å²) in [5.41, 5.74) is 8.49. The number of carbonyl (C=O) groups is 2. The van der Waals surface area contributed by atoms with Crippen LogP contribution in [0, 0.1) is 11.3 Å². The number of rotatable bonds is 8. The first-order valence-electron chi connectivity index (χ1n) is 13.1. The van der Waals surface area contributed by atoms with Gasteiger partial charge in [-0.1, -0.05) is 26.0 Å². The predicted molar refractivity (Wildman–Crippen MR) is 144 cm³/mol. The molecule has 2 aromatic heterocycles. The number of pyridine rings is 1. The first-order valence-corrected chi connectivity index (χ1v) is 13.1. The maximum Gasteiger partial charge on any atom is 0.252 e. The Kier molecular flexibility index (Phi) is 6.07. The number of hydrogen-bond donors (Lipinski definition) is 3. The van der Waals surface area contributed by atoms with E-state index in [1.54, 1.807) is 19.4 Å². The molecule has 2 saturated carbocycles. The summed E-state index contributed by atoms with van der Waals surface area (Å²) >= 11 is 0. The Balaban J connectivity index is 1.28. The number of amides is 2. The molecule has 3 fully saturated rings. The number of anilines is 3. The van der Waals surface area contributed by atoms with E-state index in [0.29, 0.717) is 36.2 Å². The van der Waals surface area contributed by atoms with Gasteiger partial charge in [-0.15, -0.1) is 0 Å². The van der Waals surface area contributed by atoms with E-state index in [9.17, 15) is 9.59 Å². The van der Waals surface area contributed by atoms with Crippen LogP contribution in [0.1, 0.15) is 49.5 Å². The molecule has 2 aliphatic carbocycles. The van der Waals surface area contributed by atoms with E-state index in [-0.39, 0.29) is 28.8 Å². The molecule has 1 saturated heterocycles. The van der Waals surface area contributed by atoms with Crippen LogP contribution in [0.3, 0.4) is 0 Å². The quantitative estimate of drug-likeness (QED) is 0.397. The number of nitrogens with two attached hydrogens (primary N) is 1. The number of nitrogens with one attached hydrogen (secondary N) is 2. The fraction of sp³-hybridized carbons (Fsp3) is 0.429. The molecule has 0 radical (unpaired) electrons. The minimum Gasteiger partial charge on any atom is -0.494 e. The molecule has 39 heavy (non-hydrogen) atoms. The van der Waals surface area contributed by atoms with Gasteiger partial charge in [-0.3, -0.25) is 14.3 Å². The molecule has 0 bridgehead atoms. The molecule has 2 amide bonds. The normalized spacial score (nSPS) is 22.2. The van der Waals surface area contributed by atoms with Crippen molar-refractivity contribution >= 4 is 29.0 Å². The first kappa shape index (κ1) is 25.3. The molecular weight excluding hydrogens is 500 g/mol. The molecule has 11 heteroatoms. The molecule has 3 aromatic rings. The molecule has 1 aliphatic heterocycles. The first-order chi connectivity index (χ1) is 18.7. The largest absolute Gasteiger partial charge is 0.494 e. The van der Waals surface area contributed by atoms with Gasteiger partial charge in [0.25, 0.3) is 5.91 Å². The van der Waals surface area contributed by atoms with Gasteiger partial charge in [0.1, 0.15) is 17.6 Å². The fourth-order valence-electron chi connectivity index (χ4n) is 5.48. The van der Waals surface area contributed by atoms with Crippen LogP contribution in [0.5, 0.6) is 5.75 Å². The highest BCUT2D eigenvalue weighted by Gasteiger charge is 2.53. The number of para-hydroxylation sites is 1. The lowest BCUT2D eigenvalue weighted by atomic mass is 9.85. The van der Waals surface area contributed by atoms with Crippen molar-refractivity contribution in [1.29, 1.82) is 0 Å². The van der Waals surface area contributed by atoms with Gasteiger partial charge in [0.2, 0.25) is 5.91 Å². The van der Waals surface area contributed by atoms with Crippen LogP contribution in [0.2, 0.25) is 0 Å². The zero-order chi connectivity index (χ0) is 27.4. The van der Waals surface area contributed by atoms with Crippen LogP contribution < -0.4 is 21.1 Å². The third kappa shape index (κ3) is 4.51. The second kappa shape index (κ2) is 9.35. The molecule has 11 nitrogen and oxygen atoms in total. The summed E-state index contributed by atoms with van der Waals surface area (Å²) in [6, 6.07) is 7.29. The summed E-state index contributed by atoms with van der Waals surface area (Å²) in [6.07, 6.45) is 7.72. The molecular formula is C28H32N6O5. The van der Waals surface area contributed by atoms with Gasteiger partial charge in [0, 0.05) is 41.9 Å². The van der Waals surface area contributed by atoms with E-state index >= 15 is 0 Å². The standard InChI is InChI=1S/C28H32N6O5/c1-27(2)12-19(27)26(36)33-23-11-21(18(14-30-23)25(29)35)32-20-6-4-5-17(24(20)37-3)16-13-31-34(15-16)22-7-8-28(22)38-9-10-39-28/h4-6,11,13-15,19,22H,7-10,12H2,1-3H3,(H2,29,35)(H2,30,32,33,36)/t19-,22?/m1/s1. The average molecular weight is 533 g/mol. The minimum absolute atomic E-state index is 0.0176. The third-order valence-electron chi connectivity index (χ3n) is 8.02. The monoisotopic (exact) mass is 532 g/mol. The second-order valence-electron chi connectivity index (χ2n) is 11.0. The van der Waals surface area contributed by atoms with E-state index in [1.807, 2.05) is 29.1 Å². The fourth-order valence-corrected chi connectivity index (χ4v) is 5.48. The lowest BCUT2D eigenvalue weighted by Gasteiger charge is -2.44. The summed E-state index contributed by atoms with van der Waals surface area (Å²) in [5, 5.41) is 10.7. The van der Waals surface area contributed by atoms with E-state index < -0.39 is 11.7 Å². The van der Waals surface area contributed by atoms with Gasteiger partial charge in [-0.2, -0.15) is 5.10 Å². The number of ether oxygens (including phenoxy) is 3. The maximum absolute atomic E-state index is 12.6. The van der Waals surface area contributed by atoms with E-state index in [2.05, 4.69) is 34.6 Å². The second-order valence-corrected chi connectivity index (χ2v) is 11.0. The highest BCUT2D eigenvalue weighted by Crippen LogP contribution is 2.52. The van der Waals surface area contributed by atoms with Crippen LogP contribution in [0.4, 0.5) is 17.2 Å². The summed E-state index contributed by atoms with van der Waals surface area (Å²) in [5.74, 6) is -0.488. The summed E-state index contributed by atoms with van der Waals surface area (Å²) < 4.78 is 19.5. The number of benzene rings is 1. The van der Waals surface area contributed by atoms with Crippen molar-refractivity contribution in [2.45, 2.75) is 44.9 Å². The Labute approximate surface area is 226 Å². The number of methoxy groups -OCH3 is 1. The van der Waals surface area contributed by atoms with E-state index in [1.165, 1.54) is 6.20 Å². The molecule has 2 atom stereocenters. The Bertz CT molecular complexity index is 1440. The van der Waals surface area contributed by atoms with Crippen LogP contribution in [-0.4, -0.2) is 52.7 Å². The Morgan fingerprint density at radius 2 is 1.95 bits per heavy atom. The lowest BCUT2D eigenvalue weighted by molar-refractivity contribution is -0.242. The third-order valence-corrected chi connectivity index (χ3v) is 8.02. The van der Waals surface area contributed by atoms with Crippen molar-refractivity contribution in [2.75, 3.05) is 31.0 Å². The number of aromatic nitrogens is 3. The Hall–Kier alpha value is -3.96. The smallest absolute Gasteiger partial charge is 0.252 e. The van der Waals surface area contributed by atoms with Crippen LogP contribution in [0.25, 0.3) is 11.1 Å². The summed E-state index contributed by atoms with van der Waals surface area (Å²) in [4.78, 5) is 29.1. The van der Waals surface area contributed by atoms with Crippen LogP contribution in [-0.2, 0) is 14.3 Å². The van der Waals surface area contributed by atoms with Gasteiger partial charge in [0.05, 0.1) is 43.5 Å². The maximum atomic E-state index is 12.6. The predicted octanol–water partition coefficient (Wildman–Crippen LogP) is 3.86. The van der Waals surface area contributed by atoms with Gasteiger partial charge >= 0.3 is 0 Å². The van der Waals surface area contributed by atoms with E-state index in [0.717, 1.165) is 30.4 Å². The summed E-state index contributed by atoms with van der Waals surface area (Å²) in [7, 11) is 1.58. The summed E-state index contributed by atoms with van der Waals surface area (Å²) in [6.45, 7) is 5.30. The van der Waals surface area contributed by atoms with Crippen molar-refractivity contribution in [1.82, 2.24) is 14.8 Å². The van der Waals surface area contributed by atoms with Crippen LogP contribution >= 0.6 is 0 Å². The van der Waals surface area contributed by atoms with E-state index in [4.69, 9.17) is 19.9 Å². The van der Waals surface area contributed by atoms with Crippen LogP contribution in [0.15, 0.2) is 42.9 Å². The average Bonchev–Trinajstić information content (AvgIpc) is 3.28.